The zero-order valence-electron chi connectivity index (χ0n) is 22.2. The second-order valence-electron chi connectivity index (χ2n) is 9.84. The van der Waals surface area contributed by atoms with Crippen LogP contribution in [-0.4, -0.2) is 34.7 Å². The lowest BCUT2D eigenvalue weighted by Crippen LogP contribution is -2.39. The van der Waals surface area contributed by atoms with Gasteiger partial charge in [-0.1, -0.05) is 42.5 Å². The summed E-state index contributed by atoms with van der Waals surface area (Å²) in [5.74, 6) is 0.740. The van der Waals surface area contributed by atoms with Crippen molar-refractivity contribution >= 4 is 22.7 Å². The molecule has 0 radical (unpaired) electrons. The van der Waals surface area contributed by atoms with Crippen LogP contribution in [0.5, 0.6) is 11.5 Å². The van der Waals surface area contributed by atoms with Crippen molar-refractivity contribution in [1.29, 1.82) is 0 Å². The highest BCUT2D eigenvalue weighted by Gasteiger charge is 2.31. The largest absolute Gasteiger partial charge is 0.494 e. The third-order valence-electron chi connectivity index (χ3n) is 6.94. The van der Waals surface area contributed by atoms with Gasteiger partial charge in [-0.25, -0.2) is 0 Å². The Hall–Kier alpha value is -4.17. The molecule has 2 heterocycles. The second kappa shape index (κ2) is 12.6. The number of ether oxygens (including phenoxy) is 2. The predicted octanol–water partition coefficient (Wildman–Crippen LogP) is 4.62. The van der Waals surface area contributed by atoms with Crippen molar-refractivity contribution in [1.82, 2.24) is 20.4 Å². The number of nitrogens with one attached hydrogen (secondary N) is 2. The van der Waals surface area contributed by atoms with Crippen LogP contribution in [0.1, 0.15) is 48.4 Å². The Balaban J connectivity index is 1.07. The number of nitrogens with zero attached hydrogens (tertiary/aromatic N) is 2. The number of aromatic nitrogens is 2. The molecule has 0 aliphatic carbocycles. The number of fused-ring (bicyclic) bond motifs is 1. The van der Waals surface area contributed by atoms with Crippen LogP contribution in [0.3, 0.4) is 0 Å². The molecular weight excluding hydrogens is 492 g/mol. The second-order valence-corrected chi connectivity index (χ2v) is 9.84. The van der Waals surface area contributed by atoms with E-state index >= 15 is 0 Å². The van der Waals surface area contributed by atoms with Crippen LogP contribution in [0.2, 0.25) is 0 Å². The molecule has 202 valence electrons. The van der Waals surface area contributed by atoms with Crippen LogP contribution >= 0.6 is 0 Å². The number of hydrogen-bond acceptors (Lipinski definition) is 6. The molecule has 5 rings (SSSR count). The van der Waals surface area contributed by atoms with Crippen LogP contribution in [0, 0.1) is 0 Å². The van der Waals surface area contributed by atoms with Gasteiger partial charge < -0.3 is 14.8 Å². The van der Waals surface area contributed by atoms with E-state index in [1.165, 1.54) is 5.56 Å². The number of rotatable bonds is 12. The summed E-state index contributed by atoms with van der Waals surface area (Å²) in [6.45, 7) is 2.96. The summed E-state index contributed by atoms with van der Waals surface area (Å²) in [6, 6.07) is 24.1. The van der Waals surface area contributed by atoms with Crippen LogP contribution in [0.25, 0.3) is 10.9 Å². The molecule has 1 unspecified atom stereocenters. The van der Waals surface area contributed by atoms with E-state index in [1.54, 1.807) is 4.68 Å². The number of para-hydroxylation sites is 1. The average Bonchev–Trinajstić information content (AvgIpc) is 3.28. The predicted molar refractivity (Wildman–Crippen MR) is 149 cm³/mol. The number of imide groups is 1. The Bertz CT molecular complexity index is 1420. The number of aryl methyl sites for hydroxylation is 1. The SMILES string of the molecule is Cn1nc(C2CCC(=O)NC2=O)c2ccc(OCc3ccc(CNCCCCOc4ccccc4)cc3)cc21. The summed E-state index contributed by atoms with van der Waals surface area (Å²) in [7, 11) is 1.85. The average molecular weight is 527 g/mol. The fourth-order valence-corrected chi connectivity index (χ4v) is 4.78. The van der Waals surface area contributed by atoms with Gasteiger partial charge in [0.15, 0.2) is 0 Å². The maximum absolute atomic E-state index is 12.4. The normalized spacial score (nSPS) is 15.4. The molecule has 3 aromatic carbocycles. The highest BCUT2D eigenvalue weighted by molar-refractivity contribution is 6.02. The first-order valence-electron chi connectivity index (χ1n) is 13.5. The molecular formula is C31H34N4O4. The fourth-order valence-electron chi connectivity index (χ4n) is 4.78. The molecule has 0 spiro atoms. The monoisotopic (exact) mass is 526 g/mol. The van der Waals surface area contributed by atoms with Crippen molar-refractivity contribution in [3.63, 3.8) is 0 Å². The smallest absolute Gasteiger partial charge is 0.235 e. The zero-order valence-corrected chi connectivity index (χ0v) is 22.2. The molecule has 1 saturated heterocycles. The molecule has 8 nitrogen and oxygen atoms in total. The van der Waals surface area contributed by atoms with Crippen molar-refractivity contribution < 1.29 is 19.1 Å². The molecule has 1 aromatic heterocycles. The van der Waals surface area contributed by atoms with Crippen molar-refractivity contribution in [2.24, 2.45) is 7.05 Å². The van der Waals surface area contributed by atoms with Gasteiger partial charge in [0.05, 0.1) is 23.7 Å². The molecule has 1 fully saturated rings. The lowest BCUT2D eigenvalue weighted by molar-refractivity contribution is -0.134. The Kier molecular flexibility index (Phi) is 8.53. The number of hydrogen-bond donors (Lipinski definition) is 2. The molecule has 4 aromatic rings. The summed E-state index contributed by atoms with van der Waals surface area (Å²) in [6.07, 6.45) is 2.88. The van der Waals surface area contributed by atoms with Crippen LogP contribution < -0.4 is 20.1 Å². The van der Waals surface area contributed by atoms with Crippen LogP contribution in [0.15, 0.2) is 72.8 Å². The molecule has 39 heavy (non-hydrogen) atoms. The van der Waals surface area contributed by atoms with Gasteiger partial charge in [0, 0.05) is 31.5 Å². The maximum Gasteiger partial charge on any atom is 0.235 e. The first-order chi connectivity index (χ1) is 19.1. The minimum absolute atomic E-state index is 0.225. The van der Waals surface area contributed by atoms with E-state index in [9.17, 15) is 9.59 Å². The Morgan fingerprint density at radius 1 is 0.949 bits per heavy atom. The highest BCUT2D eigenvalue weighted by Crippen LogP contribution is 2.32. The highest BCUT2D eigenvalue weighted by atomic mass is 16.5. The molecule has 2 amide bonds. The summed E-state index contributed by atoms with van der Waals surface area (Å²) in [4.78, 5) is 23.9. The zero-order chi connectivity index (χ0) is 27.0. The van der Waals surface area contributed by atoms with E-state index in [4.69, 9.17) is 9.47 Å². The van der Waals surface area contributed by atoms with E-state index in [2.05, 4.69) is 40.0 Å². The molecule has 8 heteroatoms. The number of unbranched alkanes of at least 4 members (excludes halogenated alkanes) is 1. The summed E-state index contributed by atoms with van der Waals surface area (Å²) < 4.78 is 13.6. The van der Waals surface area contributed by atoms with E-state index in [1.807, 2.05) is 55.6 Å². The van der Waals surface area contributed by atoms with Gasteiger partial charge in [-0.2, -0.15) is 5.10 Å². The standard InChI is InChI=1S/C31H34N4O4/c1-35-28-19-25(13-14-26(28)30(34-35)27-15-16-29(36)33-31(27)37)39-21-23-11-9-22(10-12-23)20-32-17-5-6-18-38-24-7-3-2-4-8-24/h2-4,7-14,19,27,32H,5-6,15-18,20-21H2,1H3,(H,33,36,37). The van der Waals surface area contributed by atoms with Gasteiger partial charge in [-0.3, -0.25) is 19.6 Å². The third kappa shape index (κ3) is 6.83. The third-order valence-corrected chi connectivity index (χ3v) is 6.94. The molecule has 1 atom stereocenters. The molecule has 1 aliphatic heterocycles. The Labute approximate surface area is 228 Å². The van der Waals surface area contributed by atoms with Gasteiger partial charge in [0.2, 0.25) is 11.8 Å². The van der Waals surface area contributed by atoms with Gasteiger partial charge in [0.1, 0.15) is 18.1 Å². The summed E-state index contributed by atoms with van der Waals surface area (Å²) >= 11 is 0. The summed E-state index contributed by atoms with van der Waals surface area (Å²) in [5, 5.41) is 11.4. The van der Waals surface area contributed by atoms with Crippen LogP contribution in [-0.2, 0) is 29.8 Å². The van der Waals surface area contributed by atoms with Crippen molar-refractivity contribution in [3.05, 3.63) is 89.6 Å². The number of benzene rings is 3. The Morgan fingerprint density at radius 2 is 1.74 bits per heavy atom. The van der Waals surface area contributed by atoms with Crippen molar-refractivity contribution in [3.8, 4) is 11.5 Å². The van der Waals surface area contributed by atoms with Gasteiger partial charge in [-0.05, 0) is 61.2 Å². The van der Waals surface area contributed by atoms with Gasteiger partial charge in [0.25, 0.3) is 0 Å². The molecule has 0 bridgehead atoms. The van der Waals surface area contributed by atoms with Crippen molar-refractivity contribution in [2.75, 3.05) is 13.2 Å². The number of carbonyl (C=O) groups excluding carboxylic acids is 2. The van der Waals surface area contributed by atoms with Crippen molar-refractivity contribution in [2.45, 2.75) is 44.8 Å². The number of piperidine rings is 1. The van der Waals surface area contributed by atoms with Crippen LogP contribution in [0.4, 0.5) is 0 Å². The number of carbonyl (C=O) groups is 2. The van der Waals surface area contributed by atoms with Gasteiger partial charge >= 0.3 is 0 Å². The van der Waals surface area contributed by atoms with E-state index in [-0.39, 0.29) is 11.8 Å². The molecule has 1 aliphatic rings. The Morgan fingerprint density at radius 3 is 2.54 bits per heavy atom. The maximum atomic E-state index is 12.4. The molecule has 2 N–H and O–H groups in total. The lowest BCUT2D eigenvalue weighted by atomic mass is 9.93. The topological polar surface area (TPSA) is 94.5 Å². The fraction of sp³-hybridized carbons (Fsp3) is 0.323. The first kappa shape index (κ1) is 26.4. The minimum atomic E-state index is -0.417. The van der Waals surface area contributed by atoms with E-state index in [0.29, 0.717) is 25.1 Å². The van der Waals surface area contributed by atoms with Gasteiger partial charge in [-0.15, -0.1) is 0 Å². The van der Waals surface area contributed by atoms with E-state index in [0.717, 1.165) is 60.5 Å². The van der Waals surface area contributed by atoms with E-state index < -0.39 is 5.92 Å². The summed E-state index contributed by atoms with van der Waals surface area (Å²) in [5.41, 5.74) is 3.91. The first-order valence-corrected chi connectivity index (χ1v) is 13.5. The molecule has 0 saturated carbocycles. The quantitative estimate of drug-likeness (QED) is 0.207. The minimum Gasteiger partial charge on any atom is -0.494 e. The lowest BCUT2D eigenvalue weighted by Gasteiger charge is -2.19. The number of amides is 2.